The lowest BCUT2D eigenvalue weighted by Gasteiger charge is -2.37. The standard InChI is InChI=1S/C18H22Cl2N2O2/c1-2-13-5-3-4-10-22(13)17(24)18(8-9-18)16(23)21-15-7-6-12(19)11-14(15)20/h6-7,11,13H,2-5,8-10H2,1H3,(H,21,23). The van der Waals surface area contributed by atoms with Crippen LogP contribution in [0.4, 0.5) is 5.69 Å². The Morgan fingerprint density at radius 3 is 2.67 bits per heavy atom. The van der Waals surface area contributed by atoms with Gasteiger partial charge in [-0.05, 0) is 56.7 Å². The minimum Gasteiger partial charge on any atom is -0.339 e. The molecule has 0 aromatic heterocycles. The van der Waals surface area contributed by atoms with Gasteiger partial charge in [-0.3, -0.25) is 9.59 Å². The van der Waals surface area contributed by atoms with Crippen molar-refractivity contribution in [1.82, 2.24) is 4.90 Å². The maximum Gasteiger partial charge on any atom is 0.240 e. The highest BCUT2D eigenvalue weighted by molar-refractivity contribution is 6.36. The Bertz CT molecular complexity index is 658. The molecule has 1 aliphatic carbocycles. The Morgan fingerprint density at radius 2 is 2.04 bits per heavy atom. The minimum atomic E-state index is -0.909. The number of nitrogens with zero attached hydrogens (tertiary/aromatic N) is 1. The first-order valence-electron chi connectivity index (χ1n) is 8.55. The Kier molecular flexibility index (Phi) is 5.07. The van der Waals surface area contributed by atoms with Gasteiger partial charge in [0.25, 0.3) is 0 Å². The molecule has 1 unspecified atom stereocenters. The van der Waals surface area contributed by atoms with E-state index in [1.807, 2.05) is 4.90 Å². The monoisotopic (exact) mass is 368 g/mol. The van der Waals surface area contributed by atoms with Crippen LogP contribution in [0.5, 0.6) is 0 Å². The van der Waals surface area contributed by atoms with Gasteiger partial charge in [0, 0.05) is 17.6 Å². The predicted molar refractivity (Wildman–Crippen MR) is 96.4 cm³/mol. The van der Waals surface area contributed by atoms with Crippen LogP contribution in [0.25, 0.3) is 0 Å². The van der Waals surface area contributed by atoms with Crippen LogP contribution in [0.2, 0.25) is 10.0 Å². The molecule has 1 heterocycles. The second kappa shape index (κ2) is 6.93. The maximum atomic E-state index is 13.0. The summed E-state index contributed by atoms with van der Waals surface area (Å²) in [6.07, 6.45) is 5.35. The number of carbonyl (C=O) groups excluding carboxylic acids is 2. The second-order valence-corrected chi connectivity index (χ2v) is 7.56. The van der Waals surface area contributed by atoms with Crippen LogP contribution in [-0.2, 0) is 9.59 Å². The molecule has 2 fully saturated rings. The number of likely N-dealkylation sites (tertiary alicyclic amines) is 1. The molecule has 1 N–H and O–H groups in total. The molecule has 1 aromatic carbocycles. The normalized spacial score (nSPS) is 22.1. The van der Waals surface area contributed by atoms with Crippen molar-refractivity contribution in [3.05, 3.63) is 28.2 Å². The van der Waals surface area contributed by atoms with Crippen molar-refractivity contribution in [2.45, 2.75) is 51.5 Å². The van der Waals surface area contributed by atoms with Gasteiger partial charge in [-0.25, -0.2) is 0 Å². The average molecular weight is 369 g/mol. The van der Waals surface area contributed by atoms with E-state index in [2.05, 4.69) is 12.2 Å². The van der Waals surface area contributed by atoms with Gasteiger partial charge in [-0.1, -0.05) is 30.1 Å². The number of piperidine rings is 1. The molecule has 0 spiro atoms. The average Bonchev–Trinajstić information content (AvgIpc) is 3.38. The molecule has 0 bridgehead atoms. The SMILES string of the molecule is CCC1CCCCN1C(=O)C1(C(=O)Nc2ccc(Cl)cc2Cl)CC1. The fraction of sp³-hybridized carbons (Fsp3) is 0.556. The number of anilines is 1. The number of amides is 2. The fourth-order valence-corrected chi connectivity index (χ4v) is 3.92. The molecule has 3 rings (SSSR count). The maximum absolute atomic E-state index is 13.0. The molecular weight excluding hydrogens is 347 g/mol. The molecule has 1 atom stereocenters. The molecule has 130 valence electrons. The highest BCUT2D eigenvalue weighted by atomic mass is 35.5. The highest BCUT2D eigenvalue weighted by Crippen LogP contribution is 2.49. The fourth-order valence-electron chi connectivity index (χ4n) is 3.46. The Hall–Kier alpha value is -1.26. The third-order valence-electron chi connectivity index (χ3n) is 5.13. The number of carbonyl (C=O) groups is 2. The van der Waals surface area contributed by atoms with Crippen LogP contribution in [0.1, 0.15) is 45.4 Å². The van der Waals surface area contributed by atoms with Crippen LogP contribution in [-0.4, -0.2) is 29.3 Å². The Morgan fingerprint density at radius 1 is 1.29 bits per heavy atom. The molecule has 0 radical (unpaired) electrons. The first kappa shape index (κ1) is 17.6. The minimum absolute atomic E-state index is 0.0170. The molecule has 1 aromatic rings. The van der Waals surface area contributed by atoms with Crippen molar-refractivity contribution in [3.8, 4) is 0 Å². The quantitative estimate of drug-likeness (QED) is 0.795. The summed E-state index contributed by atoms with van der Waals surface area (Å²) in [5, 5.41) is 3.70. The summed E-state index contributed by atoms with van der Waals surface area (Å²) in [5.41, 5.74) is -0.413. The zero-order valence-corrected chi connectivity index (χ0v) is 15.3. The number of benzene rings is 1. The van der Waals surface area contributed by atoms with Crippen LogP contribution in [0.15, 0.2) is 18.2 Å². The van der Waals surface area contributed by atoms with Gasteiger partial charge in [-0.2, -0.15) is 0 Å². The van der Waals surface area contributed by atoms with Crippen LogP contribution in [0, 0.1) is 5.41 Å². The summed E-state index contributed by atoms with van der Waals surface area (Å²) in [6, 6.07) is 5.18. The zero-order valence-electron chi connectivity index (χ0n) is 13.8. The molecule has 6 heteroatoms. The van der Waals surface area contributed by atoms with E-state index >= 15 is 0 Å². The number of hydrogen-bond acceptors (Lipinski definition) is 2. The van der Waals surface area contributed by atoms with Crippen molar-refractivity contribution in [3.63, 3.8) is 0 Å². The van der Waals surface area contributed by atoms with Crippen molar-refractivity contribution < 1.29 is 9.59 Å². The zero-order chi connectivity index (χ0) is 17.3. The lowest BCUT2D eigenvalue weighted by atomic mass is 9.95. The summed E-state index contributed by atoms with van der Waals surface area (Å²) in [4.78, 5) is 27.7. The number of halogens is 2. The van der Waals surface area contributed by atoms with Gasteiger partial charge < -0.3 is 10.2 Å². The van der Waals surface area contributed by atoms with Crippen LogP contribution in [0.3, 0.4) is 0 Å². The lowest BCUT2D eigenvalue weighted by molar-refractivity contribution is -0.145. The number of hydrogen-bond donors (Lipinski definition) is 1. The molecule has 2 amide bonds. The topological polar surface area (TPSA) is 49.4 Å². The van der Waals surface area contributed by atoms with E-state index in [-0.39, 0.29) is 17.9 Å². The molecule has 1 saturated heterocycles. The van der Waals surface area contributed by atoms with Gasteiger partial charge in [-0.15, -0.1) is 0 Å². The van der Waals surface area contributed by atoms with E-state index in [1.54, 1.807) is 18.2 Å². The highest BCUT2D eigenvalue weighted by Gasteiger charge is 2.58. The summed E-state index contributed by atoms with van der Waals surface area (Å²) >= 11 is 12.0. The molecule has 4 nitrogen and oxygen atoms in total. The van der Waals surface area contributed by atoms with Crippen molar-refractivity contribution in [2.75, 3.05) is 11.9 Å². The van der Waals surface area contributed by atoms with Crippen molar-refractivity contribution >= 4 is 40.7 Å². The molecule has 24 heavy (non-hydrogen) atoms. The van der Waals surface area contributed by atoms with Gasteiger partial charge in [0.1, 0.15) is 5.41 Å². The van der Waals surface area contributed by atoms with E-state index in [1.165, 1.54) is 0 Å². The van der Waals surface area contributed by atoms with E-state index in [0.29, 0.717) is 28.6 Å². The van der Waals surface area contributed by atoms with Gasteiger partial charge in [0.05, 0.1) is 10.7 Å². The Labute approximate surface area is 152 Å². The molecule has 2 aliphatic rings. The molecule has 1 saturated carbocycles. The summed E-state index contributed by atoms with van der Waals surface area (Å²) in [7, 11) is 0. The lowest BCUT2D eigenvalue weighted by Crippen LogP contribution is -2.49. The Balaban J connectivity index is 1.75. The number of rotatable bonds is 4. The van der Waals surface area contributed by atoms with Crippen molar-refractivity contribution in [1.29, 1.82) is 0 Å². The third kappa shape index (κ3) is 3.27. The molecule has 1 aliphatic heterocycles. The van der Waals surface area contributed by atoms with Gasteiger partial charge in [0.2, 0.25) is 11.8 Å². The van der Waals surface area contributed by atoms with Crippen LogP contribution < -0.4 is 5.32 Å². The van der Waals surface area contributed by atoms with Crippen molar-refractivity contribution in [2.24, 2.45) is 5.41 Å². The smallest absolute Gasteiger partial charge is 0.240 e. The predicted octanol–water partition coefficient (Wildman–Crippen LogP) is 4.50. The first-order chi connectivity index (χ1) is 11.5. The number of nitrogens with one attached hydrogen (secondary N) is 1. The third-order valence-corrected chi connectivity index (χ3v) is 5.68. The van der Waals surface area contributed by atoms with Gasteiger partial charge >= 0.3 is 0 Å². The summed E-state index contributed by atoms with van der Waals surface area (Å²) in [5.74, 6) is -0.270. The summed E-state index contributed by atoms with van der Waals surface area (Å²) < 4.78 is 0. The van der Waals surface area contributed by atoms with E-state index in [9.17, 15) is 9.59 Å². The first-order valence-corrected chi connectivity index (χ1v) is 9.31. The molecular formula is C18H22Cl2N2O2. The summed E-state index contributed by atoms with van der Waals surface area (Å²) in [6.45, 7) is 2.86. The van der Waals surface area contributed by atoms with E-state index in [4.69, 9.17) is 23.2 Å². The van der Waals surface area contributed by atoms with Gasteiger partial charge in [0.15, 0.2) is 0 Å². The van der Waals surface area contributed by atoms with Crippen LogP contribution >= 0.6 is 23.2 Å². The second-order valence-electron chi connectivity index (χ2n) is 6.72. The largest absolute Gasteiger partial charge is 0.339 e. The van der Waals surface area contributed by atoms with E-state index < -0.39 is 5.41 Å². The van der Waals surface area contributed by atoms with E-state index in [0.717, 1.165) is 32.2 Å².